The molecule has 1 amide bonds. The third-order valence-corrected chi connectivity index (χ3v) is 5.43. The van der Waals surface area contributed by atoms with Crippen LogP contribution in [-0.4, -0.2) is 39.4 Å². The summed E-state index contributed by atoms with van der Waals surface area (Å²) in [6.45, 7) is 4.57. The summed E-state index contributed by atoms with van der Waals surface area (Å²) < 4.78 is 5.34. The third kappa shape index (κ3) is 4.32. The van der Waals surface area contributed by atoms with Crippen molar-refractivity contribution in [3.63, 3.8) is 0 Å². The lowest BCUT2D eigenvalue weighted by atomic mass is 10.0. The van der Waals surface area contributed by atoms with E-state index in [4.69, 9.17) is 9.72 Å². The highest BCUT2D eigenvalue weighted by Crippen LogP contribution is 2.33. The first-order valence-electron chi connectivity index (χ1n) is 10.2. The number of hydrogen-bond donors (Lipinski definition) is 0. The van der Waals surface area contributed by atoms with Gasteiger partial charge in [0.05, 0.1) is 30.7 Å². The van der Waals surface area contributed by atoms with Gasteiger partial charge < -0.3 is 9.64 Å². The average Bonchev–Trinajstić information content (AvgIpc) is 3.23. The van der Waals surface area contributed by atoms with E-state index in [1.165, 1.54) is 11.1 Å². The van der Waals surface area contributed by atoms with Crippen molar-refractivity contribution in [3.8, 4) is 5.75 Å². The molecule has 0 N–H and O–H groups in total. The highest BCUT2D eigenvalue weighted by atomic mass is 16.5. The van der Waals surface area contributed by atoms with Crippen LogP contribution in [0.15, 0.2) is 48.8 Å². The largest absolute Gasteiger partial charge is 0.497 e. The summed E-state index contributed by atoms with van der Waals surface area (Å²) >= 11 is 0. The number of benzene rings is 1. The van der Waals surface area contributed by atoms with E-state index < -0.39 is 0 Å². The maximum atomic E-state index is 13.1. The van der Waals surface area contributed by atoms with Crippen LogP contribution in [0, 0.1) is 13.8 Å². The molecule has 1 unspecified atom stereocenters. The average molecular weight is 402 g/mol. The summed E-state index contributed by atoms with van der Waals surface area (Å²) in [5.74, 6) is 0.771. The van der Waals surface area contributed by atoms with Crippen LogP contribution in [0.5, 0.6) is 5.75 Å². The van der Waals surface area contributed by atoms with E-state index in [1.807, 2.05) is 30.9 Å². The molecular formula is C24H26N4O2. The second kappa shape index (κ2) is 8.61. The van der Waals surface area contributed by atoms with Crippen LogP contribution in [0.1, 0.15) is 57.6 Å². The number of methoxy groups -OCH3 is 1. The van der Waals surface area contributed by atoms with Crippen molar-refractivity contribution in [2.24, 2.45) is 0 Å². The number of nitrogens with zero attached hydrogens (tertiary/aromatic N) is 4. The minimum atomic E-state index is -0.0809. The molecule has 2 aromatic heterocycles. The molecular weight excluding hydrogens is 376 g/mol. The van der Waals surface area contributed by atoms with E-state index in [0.717, 1.165) is 42.1 Å². The van der Waals surface area contributed by atoms with Crippen molar-refractivity contribution in [2.45, 2.75) is 39.2 Å². The van der Waals surface area contributed by atoms with Crippen molar-refractivity contribution in [1.82, 2.24) is 19.9 Å². The molecule has 1 saturated heterocycles. The Hall–Kier alpha value is -3.28. The molecule has 1 aliphatic rings. The topological polar surface area (TPSA) is 68.2 Å². The van der Waals surface area contributed by atoms with Crippen LogP contribution in [0.3, 0.4) is 0 Å². The first-order chi connectivity index (χ1) is 14.5. The summed E-state index contributed by atoms with van der Waals surface area (Å²) in [7, 11) is 1.68. The lowest BCUT2D eigenvalue weighted by Crippen LogP contribution is -2.31. The fraction of sp³-hybridized carbons (Fsp3) is 0.333. The number of rotatable bonds is 5. The number of ether oxygens (including phenoxy) is 1. The van der Waals surface area contributed by atoms with Crippen LogP contribution >= 0.6 is 0 Å². The number of hydrogen-bond acceptors (Lipinski definition) is 5. The zero-order valence-corrected chi connectivity index (χ0v) is 17.6. The van der Waals surface area contributed by atoms with Gasteiger partial charge in [-0.2, -0.15) is 0 Å². The summed E-state index contributed by atoms with van der Waals surface area (Å²) in [6.07, 6.45) is 5.84. The monoisotopic (exact) mass is 402 g/mol. The Labute approximate surface area is 177 Å². The SMILES string of the molecule is COc1cccc(Cc2cc(C)nc(C3CCCN3C(=O)c3cnc(C)cn3)c2)c1. The predicted octanol–water partition coefficient (Wildman–Crippen LogP) is 4.07. The highest BCUT2D eigenvalue weighted by Gasteiger charge is 2.32. The molecule has 1 atom stereocenters. The fourth-order valence-electron chi connectivity index (χ4n) is 4.03. The van der Waals surface area contributed by atoms with E-state index in [9.17, 15) is 4.79 Å². The summed E-state index contributed by atoms with van der Waals surface area (Å²) in [4.78, 5) is 28.2. The van der Waals surface area contributed by atoms with Crippen molar-refractivity contribution in [1.29, 1.82) is 0 Å². The zero-order valence-electron chi connectivity index (χ0n) is 17.6. The molecule has 0 radical (unpaired) electrons. The number of carbonyl (C=O) groups is 1. The molecule has 6 nitrogen and oxygen atoms in total. The molecule has 0 aliphatic carbocycles. The van der Waals surface area contributed by atoms with E-state index in [-0.39, 0.29) is 11.9 Å². The van der Waals surface area contributed by atoms with E-state index in [2.05, 4.69) is 34.2 Å². The van der Waals surface area contributed by atoms with Gasteiger partial charge in [-0.05, 0) is 68.5 Å². The molecule has 0 saturated carbocycles. The van der Waals surface area contributed by atoms with Crippen molar-refractivity contribution in [2.75, 3.05) is 13.7 Å². The van der Waals surface area contributed by atoms with Gasteiger partial charge in [0.25, 0.3) is 5.91 Å². The Bertz CT molecular complexity index is 1050. The van der Waals surface area contributed by atoms with Gasteiger partial charge in [0, 0.05) is 18.4 Å². The van der Waals surface area contributed by atoms with E-state index in [0.29, 0.717) is 12.2 Å². The highest BCUT2D eigenvalue weighted by molar-refractivity contribution is 5.92. The van der Waals surface area contributed by atoms with Crippen LogP contribution in [-0.2, 0) is 6.42 Å². The van der Waals surface area contributed by atoms with Gasteiger partial charge in [-0.25, -0.2) is 4.98 Å². The van der Waals surface area contributed by atoms with Crippen LogP contribution in [0.4, 0.5) is 0 Å². The first-order valence-corrected chi connectivity index (χ1v) is 10.2. The minimum Gasteiger partial charge on any atom is -0.497 e. The molecule has 4 rings (SSSR count). The van der Waals surface area contributed by atoms with Crippen molar-refractivity contribution >= 4 is 5.91 Å². The smallest absolute Gasteiger partial charge is 0.274 e. The van der Waals surface area contributed by atoms with Crippen molar-refractivity contribution in [3.05, 3.63) is 82.7 Å². The molecule has 3 heterocycles. The predicted molar refractivity (Wildman–Crippen MR) is 115 cm³/mol. The normalized spacial score (nSPS) is 16.0. The molecule has 1 aromatic carbocycles. The second-order valence-corrected chi connectivity index (χ2v) is 7.77. The zero-order chi connectivity index (χ0) is 21.1. The lowest BCUT2D eigenvalue weighted by Gasteiger charge is -2.24. The van der Waals surface area contributed by atoms with Gasteiger partial charge in [0.15, 0.2) is 0 Å². The number of amides is 1. The van der Waals surface area contributed by atoms with E-state index in [1.54, 1.807) is 19.5 Å². The van der Waals surface area contributed by atoms with Gasteiger partial charge in [-0.15, -0.1) is 0 Å². The Morgan fingerprint density at radius 3 is 2.73 bits per heavy atom. The summed E-state index contributed by atoms with van der Waals surface area (Å²) in [6, 6.07) is 12.3. The third-order valence-electron chi connectivity index (χ3n) is 5.43. The fourth-order valence-corrected chi connectivity index (χ4v) is 4.03. The quantitative estimate of drug-likeness (QED) is 0.644. The minimum absolute atomic E-state index is 0.0374. The second-order valence-electron chi connectivity index (χ2n) is 7.77. The molecule has 6 heteroatoms. The standard InChI is InChI=1S/C24H26N4O2/c1-16-10-19(11-18-6-4-7-20(12-18)30-3)13-21(27-16)23-8-5-9-28(23)24(29)22-15-25-17(2)14-26-22/h4,6-7,10,12-15,23H,5,8-9,11H2,1-3H3. The van der Waals surface area contributed by atoms with Gasteiger partial charge in [0.1, 0.15) is 11.4 Å². The number of likely N-dealkylation sites (tertiary alicyclic amines) is 1. The van der Waals surface area contributed by atoms with Gasteiger partial charge in [0.2, 0.25) is 0 Å². The molecule has 1 aliphatic heterocycles. The maximum Gasteiger partial charge on any atom is 0.274 e. The van der Waals surface area contributed by atoms with Gasteiger partial charge in [-0.1, -0.05) is 12.1 Å². The number of aromatic nitrogens is 3. The molecule has 0 spiro atoms. The van der Waals surface area contributed by atoms with Crippen LogP contribution in [0.25, 0.3) is 0 Å². The first kappa shape index (κ1) is 20.0. The van der Waals surface area contributed by atoms with Crippen LogP contribution < -0.4 is 4.74 Å². The lowest BCUT2D eigenvalue weighted by molar-refractivity contribution is 0.0726. The summed E-state index contributed by atoms with van der Waals surface area (Å²) in [5.41, 5.74) is 5.45. The number of pyridine rings is 1. The Balaban J connectivity index is 1.59. The van der Waals surface area contributed by atoms with Crippen LogP contribution in [0.2, 0.25) is 0 Å². The maximum absolute atomic E-state index is 13.1. The van der Waals surface area contributed by atoms with Gasteiger partial charge in [-0.3, -0.25) is 14.8 Å². The number of carbonyl (C=O) groups excluding carboxylic acids is 1. The Morgan fingerprint density at radius 1 is 1.10 bits per heavy atom. The molecule has 30 heavy (non-hydrogen) atoms. The molecule has 3 aromatic rings. The summed E-state index contributed by atoms with van der Waals surface area (Å²) in [5, 5.41) is 0. The van der Waals surface area contributed by atoms with Crippen molar-refractivity contribution < 1.29 is 9.53 Å². The Kier molecular flexibility index (Phi) is 5.74. The molecule has 154 valence electrons. The molecule has 0 bridgehead atoms. The Morgan fingerprint density at radius 2 is 1.97 bits per heavy atom. The van der Waals surface area contributed by atoms with Gasteiger partial charge >= 0.3 is 0 Å². The van der Waals surface area contributed by atoms with E-state index >= 15 is 0 Å². The number of aryl methyl sites for hydroxylation is 2. The molecule has 1 fully saturated rings.